The van der Waals surface area contributed by atoms with Crippen molar-refractivity contribution in [2.24, 2.45) is 4.99 Å². The Labute approximate surface area is 158 Å². The number of benzene rings is 1. The highest BCUT2D eigenvalue weighted by Crippen LogP contribution is 2.27. The predicted molar refractivity (Wildman–Crippen MR) is 106 cm³/mol. The fourth-order valence-corrected chi connectivity index (χ4v) is 3.80. The van der Waals surface area contributed by atoms with Gasteiger partial charge < -0.3 is 14.6 Å². The monoisotopic (exact) mass is 374 g/mol. The van der Waals surface area contributed by atoms with Crippen LogP contribution in [0.4, 0.5) is 0 Å². The molecule has 26 heavy (non-hydrogen) atoms. The first-order chi connectivity index (χ1) is 12.8. The summed E-state index contributed by atoms with van der Waals surface area (Å²) in [7, 11) is 0. The Morgan fingerprint density at radius 1 is 1.35 bits per heavy atom. The molecule has 0 saturated carbocycles. The molecule has 1 aliphatic heterocycles. The molecule has 140 valence electrons. The zero-order valence-electron chi connectivity index (χ0n) is 15.1. The Balaban J connectivity index is 1.66. The molecule has 1 fully saturated rings. The number of hydrogen-bond acceptors (Lipinski definition) is 6. The number of rotatable bonds is 8. The van der Waals surface area contributed by atoms with Gasteiger partial charge in [0, 0.05) is 35.8 Å². The minimum atomic E-state index is 0.196. The van der Waals surface area contributed by atoms with E-state index in [-0.39, 0.29) is 11.8 Å². The molecule has 0 aliphatic carbocycles. The van der Waals surface area contributed by atoms with E-state index < -0.39 is 0 Å². The molecule has 6 heteroatoms. The lowest BCUT2D eigenvalue weighted by atomic mass is 10.2. The number of thiophene rings is 1. The lowest BCUT2D eigenvalue weighted by Gasteiger charge is -2.33. The van der Waals surface area contributed by atoms with Crippen LogP contribution in [0.15, 0.2) is 40.7 Å². The molecule has 1 atom stereocenters. The molecular weight excluding hydrogens is 348 g/mol. The van der Waals surface area contributed by atoms with Gasteiger partial charge in [-0.25, -0.2) is 0 Å². The molecule has 2 aromatic rings. The highest BCUT2D eigenvalue weighted by atomic mass is 32.1. The van der Waals surface area contributed by atoms with E-state index in [2.05, 4.69) is 34.3 Å². The lowest BCUT2D eigenvalue weighted by Crippen LogP contribution is -2.39. The van der Waals surface area contributed by atoms with Gasteiger partial charge in [0.15, 0.2) is 0 Å². The van der Waals surface area contributed by atoms with Gasteiger partial charge in [0.25, 0.3) is 0 Å². The van der Waals surface area contributed by atoms with Crippen LogP contribution < -0.4 is 4.74 Å². The van der Waals surface area contributed by atoms with Crippen LogP contribution in [0.1, 0.15) is 29.8 Å². The third kappa shape index (κ3) is 5.06. The Morgan fingerprint density at radius 3 is 2.88 bits per heavy atom. The van der Waals surface area contributed by atoms with Crippen molar-refractivity contribution in [3.8, 4) is 11.5 Å². The van der Waals surface area contributed by atoms with Gasteiger partial charge in [-0.2, -0.15) is 0 Å². The quantitative estimate of drug-likeness (QED) is 0.715. The number of aromatic hydroxyl groups is 1. The van der Waals surface area contributed by atoms with E-state index in [1.165, 1.54) is 4.88 Å². The van der Waals surface area contributed by atoms with Crippen molar-refractivity contribution in [1.82, 2.24) is 4.90 Å². The van der Waals surface area contributed by atoms with Crippen molar-refractivity contribution < 1.29 is 14.6 Å². The third-order valence-corrected chi connectivity index (χ3v) is 5.32. The number of nitrogens with zero attached hydrogens (tertiary/aromatic N) is 2. The summed E-state index contributed by atoms with van der Waals surface area (Å²) in [4.78, 5) is 8.37. The summed E-state index contributed by atoms with van der Waals surface area (Å²) >= 11 is 1.76. The normalized spacial score (nSPS) is 16.8. The van der Waals surface area contributed by atoms with E-state index in [0.29, 0.717) is 24.5 Å². The summed E-state index contributed by atoms with van der Waals surface area (Å²) in [5.74, 6) is 0.882. The van der Waals surface area contributed by atoms with Crippen LogP contribution in [0.3, 0.4) is 0 Å². The molecule has 1 saturated heterocycles. The van der Waals surface area contributed by atoms with Gasteiger partial charge in [0.1, 0.15) is 11.5 Å². The molecule has 1 N–H and O–H groups in total. The van der Waals surface area contributed by atoms with Crippen LogP contribution in [0, 0.1) is 0 Å². The maximum atomic E-state index is 10.2. The Hall–Kier alpha value is -1.89. The minimum absolute atomic E-state index is 0.196. The fraction of sp³-hybridized carbons (Fsp3) is 0.450. The number of ether oxygens (including phenoxy) is 2. The van der Waals surface area contributed by atoms with E-state index >= 15 is 0 Å². The number of phenols is 1. The maximum Gasteiger partial charge on any atom is 0.128 e. The van der Waals surface area contributed by atoms with Crippen LogP contribution >= 0.6 is 11.3 Å². The first-order valence-electron chi connectivity index (χ1n) is 9.08. The summed E-state index contributed by atoms with van der Waals surface area (Å²) in [6.45, 7) is 6.75. The van der Waals surface area contributed by atoms with E-state index in [1.807, 2.05) is 12.1 Å². The highest BCUT2D eigenvalue weighted by Gasteiger charge is 2.22. The van der Waals surface area contributed by atoms with E-state index in [1.54, 1.807) is 23.6 Å². The minimum Gasteiger partial charge on any atom is -0.507 e. The molecule has 1 aromatic carbocycles. The van der Waals surface area contributed by atoms with Crippen molar-refractivity contribution in [3.05, 3.63) is 46.2 Å². The van der Waals surface area contributed by atoms with Crippen LogP contribution in [-0.4, -0.2) is 55.7 Å². The number of hydrogen-bond donors (Lipinski definition) is 1. The van der Waals surface area contributed by atoms with E-state index in [0.717, 1.165) is 32.7 Å². The number of morpholine rings is 1. The van der Waals surface area contributed by atoms with Crippen LogP contribution in [0.5, 0.6) is 11.5 Å². The van der Waals surface area contributed by atoms with Crippen molar-refractivity contribution in [3.63, 3.8) is 0 Å². The fourth-order valence-electron chi connectivity index (χ4n) is 2.95. The number of aliphatic imine (C=N–C) groups is 1. The molecule has 3 rings (SSSR count). The molecule has 0 amide bonds. The van der Waals surface area contributed by atoms with E-state index in [4.69, 9.17) is 9.47 Å². The average Bonchev–Trinajstić information content (AvgIpc) is 3.20. The smallest absolute Gasteiger partial charge is 0.128 e. The zero-order valence-corrected chi connectivity index (χ0v) is 16.0. The summed E-state index contributed by atoms with van der Waals surface area (Å²) in [6.07, 6.45) is 2.69. The van der Waals surface area contributed by atoms with Crippen LogP contribution in [0.2, 0.25) is 0 Å². The molecule has 1 aliphatic rings. The van der Waals surface area contributed by atoms with Gasteiger partial charge in [-0.05, 0) is 30.0 Å². The summed E-state index contributed by atoms with van der Waals surface area (Å²) < 4.78 is 11.0. The molecule has 0 radical (unpaired) electrons. The Kier molecular flexibility index (Phi) is 7.05. The second-order valence-corrected chi connectivity index (χ2v) is 7.22. The van der Waals surface area contributed by atoms with Gasteiger partial charge in [-0.3, -0.25) is 9.89 Å². The molecule has 2 heterocycles. The largest absolute Gasteiger partial charge is 0.507 e. The zero-order chi connectivity index (χ0) is 18.2. The maximum absolute atomic E-state index is 10.2. The molecule has 0 spiro atoms. The van der Waals surface area contributed by atoms with Gasteiger partial charge >= 0.3 is 0 Å². The summed E-state index contributed by atoms with van der Waals surface area (Å²) in [5, 5.41) is 12.3. The molecule has 5 nitrogen and oxygen atoms in total. The standard InChI is InChI=1S/C20H26N2O3S/c1-2-9-25-17-6-5-16(19(23)13-17)14-21-15-18(20-4-3-12-26-20)22-7-10-24-11-8-22/h3-6,12-14,18,23H,2,7-11,15H2,1H3/t18-/m1/s1. The molecule has 0 unspecified atom stereocenters. The second kappa shape index (κ2) is 9.71. The van der Waals surface area contributed by atoms with Gasteiger partial charge in [-0.1, -0.05) is 13.0 Å². The third-order valence-electron chi connectivity index (χ3n) is 4.34. The molecule has 1 aromatic heterocycles. The second-order valence-electron chi connectivity index (χ2n) is 6.24. The summed E-state index contributed by atoms with van der Waals surface area (Å²) in [6, 6.07) is 9.86. The van der Waals surface area contributed by atoms with E-state index in [9.17, 15) is 5.11 Å². The first-order valence-corrected chi connectivity index (χ1v) is 9.96. The van der Waals surface area contributed by atoms with Crippen molar-refractivity contribution in [2.45, 2.75) is 19.4 Å². The molecule has 0 bridgehead atoms. The lowest BCUT2D eigenvalue weighted by molar-refractivity contribution is 0.0187. The predicted octanol–water partition coefficient (Wildman–Crippen LogP) is 3.73. The van der Waals surface area contributed by atoms with Crippen LogP contribution in [0.25, 0.3) is 0 Å². The molecular formula is C20H26N2O3S. The van der Waals surface area contributed by atoms with Crippen molar-refractivity contribution >= 4 is 17.6 Å². The number of phenolic OH excluding ortho intramolecular Hbond substituents is 1. The van der Waals surface area contributed by atoms with Crippen molar-refractivity contribution in [1.29, 1.82) is 0 Å². The SMILES string of the molecule is CCCOc1ccc(C=NC[C@H](c2cccs2)N2CCOCC2)c(O)c1. The summed E-state index contributed by atoms with van der Waals surface area (Å²) in [5.41, 5.74) is 0.709. The Bertz CT molecular complexity index is 697. The van der Waals surface area contributed by atoms with Gasteiger partial charge in [0.05, 0.1) is 32.4 Å². The Morgan fingerprint density at radius 2 is 2.19 bits per heavy atom. The van der Waals surface area contributed by atoms with Crippen LogP contribution in [-0.2, 0) is 4.74 Å². The highest BCUT2D eigenvalue weighted by molar-refractivity contribution is 7.10. The average molecular weight is 375 g/mol. The van der Waals surface area contributed by atoms with Gasteiger partial charge in [-0.15, -0.1) is 11.3 Å². The van der Waals surface area contributed by atoms with Gasteiger partial charge in [0.2, 0.25) is 0 Å². The van der Waals surface area contributed by atoms with Crippen molar-refractivity contribution in [2.75, 3.05) is 39.5 Å². The first kappa shape index (κ1) is 18.9. The topological polar surface area (TPSA) is 54.3 Å².